The molecule has 0 spiro atoms. The molecule has 10 heteroatoms. The van der Waals surface area contributed by atoms with Crippen LogP contribution in [-0.4, -0.2) is 66.8 Å². The number of carbonyl (C=O) groups is 1. The predicted molar refractivity (Wildman–Crippen MR) is 131 cm³/mol. The van der Waals surface area contributed by atoms with Gasteiger partial charge in [0.1, 0.15) is 23.6 Å². The maximum atomic E-state index is 14.5. The number of benzene rings is 1. The first-order valence-corrected chi connectivity index (χ1v) is 13.0. The lowest BCUT2D eigenvalue weighted by Crippen LogP contribution is -2.52. The highest BCUT2D eigenvalue weighted by Crippen LogP contribution is 2.49. The number of alkyl halides is 1. The van der Waals surface area contributed by atoms with E-state index in [0.29, 0.717) is 31.0 Å². The van der Waals surface area contributed by atoms with Crippen molar-refractivity contribution >= 4 is 11.9 Å². The summed E-state index contributed by atoms with van der Waals surface area (Å²) in [5.74, 6) is 0.705. The smallest absolute Gasteiger partial charge is 0.227 e. The highest BCUT2D eigenvalue weighted by Gasteiger charge is 2.43. The molecule has 3 fully saturated rings. The highest BCUT2D eigenvalue weighted by molar-refractivity contribution is 5.79. The van der Waals surface area contributed by atoms with Gasteiger partial charge in [0.05, 0.1) is 32.7 Å². The second-order valence-corrected chi connectivity index (χ2v) is 10.4. The maximum absolute atomic E-state index is 14.5. The van der Waals surface area contributed by atoms with Crippen molar-refractivity contribution in [3.05, 3.63) is 47.3 Å². The number of halogens is 3. The second-order valence-electron chi connectivity index (χ2n) is 10.4. The van der Waals surface area contributed by atoms with Gasteiger partial charge in [0.2, 0.25) is 11.9 Å². The Morgan fingerprint density at radius 1 is 1.11 bits per heavy atom. The molecule has 37 heavy (non-hydrogen) atoms. The summed E-state index contributed by atoms with van der Waals surface area (Å²) in [4.78, 5) is 24.5. The van der Waals surface area contributed by atoms with Crippen LogP contribution in [0.5, 0.6) is 5.75 Å². The Morgan fingerprint density at radius 2 is 1.78 bits per heavy atom. The van der Waals surface area contributed by atoms with E-state index in [4.69, 9.17) is 9.47 Å². The molecule has 2 aliphatic heterocycles. The topological polar surface area (TPSA) is 67.8 Å². The Kier molecular flexibility index (Phi) is 7.83. The molecule has 200 valence electrons. The van der Waals surface area contributed by atoms with E-state index in [1.54, 1.807) is 7.11 Å². The van der Waals surface area contributed by atoms with Gasteiger partial charge in [-0.3, -0.25) is 4.79 Å². The fourth-order valence-electron chi connectivity index (χ4n) is 5.51. The summed E-state index contributed by atoms with van der Waals surface area (Å²) in [6, 6.07) is 2.26. The monoisotopic (exact) mass is 518 g/mol. The molecule has 5 rings (SSSR count). The minimum atomic E-state index is -1.05. The summed E-state index contributed by atoms with van der Waals surface area (Å²) < 4.78 is 52.6. The van der Waals surface area contributed by atoms with Gasteiger partial charge in [0.25, 0.3) is 0 Å². The van der Waals surface area contributed by atoms with E-state index in [9.17, 15) is 18.0 Å². The molecular weight excluding hydrogens is 485 g/mol. The molecule has 1 aromatic heterocycles. The number of likely N-dealkylation sites (tertiary alicyclic amines) is 1. The number of amides is 1. The van der Waals surface area contributed by atoms with E-state index in [1.165, 1.54) is 4.90 Å². The quantitative estimate of drug-likeness (QED) is 0.475. The summed E-state index contributed by atoms with van der Waals surface area (Å²) in [6.45, 7) is 2.75. The average molecular weight is 519 g/mol. The van der Waals surface area contributed by atoms with E-state index in [1.807, 2.05) is 12.4 Å². The van der Waals surface area contributed by atoms with Gasteiger partial charge in [-0.05, 0) is 43.4 Å². The van der Waals surface area contributed by atoms with Gasteiger partial charge in [0, 0.05) is 55.9 Å². The molecule has 2 atom stereocenters. The van der Waals surface area contributed by atoms with Crippen LogP contribution in [0.3, 0.4) is 0 Å². The fourth-order valence-corrected chi connectivity index (χ4v) is 5.51. The summed E-state index contributed by atoms with van der Waals surface area (Å²) in [5, 5.41) is 0. The van der Waals surface area contributed by atoms with Crippen molar-refractivity contribution in [2.75, 3.05) is 44.8 Å². The van der Waals surface area contributed by atoms with E-state index >= 15 is 0 Å². The van der Waals surface area contributed by atoms with Crippen LogP contribution in [0.2, 0.25) is 0 Å². The van der Waals surface area contributed by atoms with E-state index in [0.717, 1.165) is 62.4 Å². The second kappa shape index (κ2) is 11.2. The van der Waals surface area contributed by atoms with E-state index in [-0.39, 0.29) is 24.4 Å². The first-order valence-electron chi connectivity index (χ1n) is 13.0. The van der Waals surface area contributed by atoms with Crippen LogP contribution < -0.4 is 9.64 Å². The molecule has 2 saturated heterocycles. The number of piperidine rings is 1. The number of nitrogens with zero attached hydrogens (tertiary/aromatic N) is 4. The standard InChI is InChI=1S/C27H33F3N4O3/c1-36-16-17-12-31-27(32-13-17)33-5-2-18(3-6-33)22-8-19(22)4-7-37-21-9-24(29)23(25(30)10-21)11-26(35)34-14-20(28)15-34/h9-10,12-13,18-20,22H,2-8,11,14-16H2,1H3/t19-,22-/m1/s1. The molecule has 2 aromatic rings. The molecule has 0 radical (unpaired) electrons. The van der Waals surface area contributed by atoms with Crippen LogP contribution in [0, 0.1) is 29.4 Å². The van der Waals surface area contributed by atoms with Crippen LogP contribution in [0.1, 0.15) is 36.8 Å². The zero-order chi connectivity index (χ0) is 25.9. The predicted octanol–water partition coefficient (Wildman–Crippen LogP) is 3.95. The molecule has 7 nitrogen and oxygen atoms in total. The Balaban J connectivity index is 1.03. The van der Waals surface area contributed by atoms with Crippen molar-refractivity contribution in [3.63, 3.8) is 0 Å². The van der Waals surface area contributed by atoms with Crippen LogP contribution in [0.4, 0.5) is 19.1 Å². The molecule has 3 heterocycles. The van der Waals surface area contributed by atoms with Gasteiger partial charge < -0.3 is 19.3 Å². The van der Waals surface area contributed by atoms with Gasteiger partial charge in [-0.2, -0.15) is 0 Å². The Bertz CT molecular complexity index is 1070. The molecule has 1 aromatic carbocycles. The lowest BCUT2D eigenvalue weighted by atomic mass is 9.90. The third-order valence-electron chi connectivity index (χ3n) is 7.80. The van der Waals surface area contributed by atoms with Crippen LogP contribution in [0.15, 0.2) is 24.5 Å². The molecule has 1 aliphatic carbocycles. The Morgan fingerprint density at radius 3 is 2.41 bits per heavy atom. The average Bonchev–Trinajstić information content (AvgIpc) is 3.64. The first kappa shape index (κ1) is 25.8. The number of aromatic nitrogens is 2. The summed E-state index contributed by atoms with van der Waals surface area (Å²) in [6.07, 6.45) is 6.37. The van der Waals surface area contributed by atoms with Crippen LogP contribution in [0.25, 0.3) is 0 Å². The SMILES string of the molecule is COCc1cnc(N2CCC([C@H]3C[C@H]3CCOc3cc(F)c(CC(=O)N4CC(F)C4)c(F)c3)CC2)nc1. The van der Waals surface area contributed by atoms with Gasteiger partial charge in [-0.25, -0.2) is 23.1 Å². The van der Waals surface area contributed by atoms with Gasteiger partial charge in [-0.1, -0.05) is 0 Å². The molecule has 1 amide bonds. The number of hydrogen-bond acceptors (Lipinski definition) is 6. The molecule has 0 unspecified atom stereocenters. The first-order chi connectivity index (χ1) is 17.9. The van der Waals surface area contributed by atoms with Crippen molar-refractivity contribution in [1.82, 2.24) is 14.9 Å². The maximum Gasteiger partial charge on any atom is 0.227 e. The Labute approximate surface area is 215 Å². The third kappa shape index (κ3) is 6.17. The molecular formula is C27H33F3N4O3. The number of carbonyl (C=O) groups excluding carboxylic acids is 1. The molecule has 0 bridgehead atoms. The molecule has 1 saturated carbocycles. The van der Waals surface area contributed by atoms with Gasteiger partial charge in [0.15, 0.2) is 0 Å². The normalized spacial score (nSPS) is 22.2. The Hall–Kier alpha value is -2.88. The number of anilines is 1. The number of hydrogen-bond donors (Lipinski definition) is 0. The van der Waals surface area contributed by atoms with Crippen LogP contribution in [-0.2, 0) is 22.6 Å². The largest absolute Gasteiger partial charge is 0.493 e. The van der Waals surface area contributed by atoms with Crippen molar-refractivity contribution in [3.8, 4) is 5.75 Å². The third-order valence-corrected chi connectivity index (χ3v) is 7.80. The molecule has 0 N–H and O–H groups in total. The number of rotatable bonds is 10. The van der Waals surface area contributed by atoms with E-state index < -0.39 is 30.1 Å². The lowest BCUT2D eigenvalue weighted by molar-refractivity contribution is -0.137. The zero-order valence-electron chi connectivity index (χ0n) is 21.0. The fraction of sp³-hybridized carbons (Fsp3) is 0.593. The van der Waals surface area contributed by atoms with E-state index in [2.05, 4.69) is 14.9 Å². The minimum Gasteiger partial charge on any atom is -0.493 e. The van der Waals surface area contributed by atoms with Crippen molar-refractivity contribution < 1.29 is 27.4 Å². The van der Waals surface area contributed by atoms with Crippen molar-refractivity contribution in [2.24, 2.45) is 17.8 Å². The number of methoxy groups -OCH3 is 1. The summed E-state index contributed by atoms with van der Waals surface area (Å²) in [7, 11) is 1.65. The number of ether oxygens (including phenoxy) is 2. The van der Waals surface area contributed by atoms with Crippen molar-refractivity contribution in [2.45, 2.75) is 44.9 Å². The summed E-state index contributed by atoms with van der Waals surface area (Å²) in [5.41, 5.74) is 0.657. The summed E-state index contributed by atoms with van der Waals surface area (Å²) >= 11 is 0. The minimum absolute atomic E-state index is 0.0118. The van der Waals surface area contributed by atoms with Crippen LogP contribution >= 0.6 is 0 Å². The van der Waals surface area contributed by atoms with Crippen molar-refractivity contribution in [1.29, 1.82) is 0 Å². The lowest BCUT2D eigenvalue weighted by Gasteiger charge is -2.34. The zero-order valence-corrected chi connectivity index (χ0v) is 21.0. The van der Waals surface area contributed by atoms with Gasteiger partial charge >= 0.3 is 0 Å². The highest BCUT2D eigenvalue weighted by atomic mass is 19.1. The van der Waals surface area contributed by atoms with Gasteiger partial charge in [-0.15, -0.1) is 0 Å². The molecule has 3 aliphatic rings.